The molecule has 4 rings (SSSR count). The van der Waals surface area contributed by atoms with Crippen molar-refractivity contribution in [2.24, 2.45) is 0 Å². The lowest BCUT2D eigenvalue weighted by Gasteiger charge is -2.24. The summed E-state index contributed by atoms with van der Waals surface area (Å²) in [4.78, 5) is 40.6. The average molecular weight is 588 g/mol. The zero-order valence-corrected chi connectivity index (χ0v) is 22.1. The Labute approximate surface area is 226 Å². The van der Waals surface area contributed by atoms with Crippen LogP contribution in [0, 0.1) is 0 Å². The summed E-state index contributed by atoms with van der Waals surface area (Å²) in [6.07, 6.45) is -0.254. The Morgan fingerprint density at radius 3 is 2.28 bits per heavy atom. The molecule has 3 amide bonds. The Kier molecular flexibility index (Phi) is 7.88. The van der Waals surface area contributed by atoms with Crippen LogP contribution in [0.25, 0.3) is 0 Å². The van der Waals surface area contributed by atoms with Crippen LogP contribution in [0.15, 0.2) is 77.3 Å². The molecule has 1 aliphatic rings. The van der Waals surface area contributed by atoms with Gasteiger partial charge >= 0.3 is 0 Å². The number of hydrogen-bond acceptors (Lipinski definition) is 5. The fourth-order valence-corrected chi connectivity index (χ4v) is 4.32. The fourth-order valence-electron chi connectivity index (χ4n) is 3.56. The van der Waals surface area contributed by atoms with E-state index < -0.39 is 23.8 Å². The summed E-state index contributed by atoms with van der Waals surface area (Å²) in [5.41, 5.74) is 4.06. The molecule has 0 bridgehead atoms. The van der Waals surface area contributed by atoms with E-state index in [1.807, 2.05) is 0 Å². The molecule has 0 aliphatic carbocycles. The first-order chi connectivity index (χ1) is 17.3. The molecule has 11 heteroatoms. The predicted octanol–water partition coefficient (Wildman–Crippen LogP) is 4.79. The third-order valence-electron chi connectivity index (χ3n) is 5.38. The molecule has 1 heterocycles. The van der Waals surface area contributed by atoms with Crippen molar-refractivity contribution in [1.29, 1.82) is 0 Å². The van der Waals surface area contributed by atoms with Gasteiger partial charge in [-0.15, -0.1) is 0 Å². The van der Waals surface area contributed by atoms with Gasteiger partial charge in [-0.05, 0) is 85.0 Å². The van der Waals surface area contributed by atoms with E-state index >= 15 is 0 Å². The molecule has 36 heavy (non-hydrogen) atoms. The normalized spacial score (nSPS) is 15.1. The first-order valence-corrected chi connectivity index (χ1v) is 12.3. The maximum absolute atomic E-state index is 13.5. The molecule has 184 valence electrons. The number of nitrogens with zero attached hydrogens (tertiary/aromatic N) is 2. The number of halogens is 2. The number of hydrazine groups is 1. The Balaban J connectivity index is 1.58. The van der Waals surface area contributed by atoms with Gasteiger partial charge in [0.1, 0.15) is 11.8 Å². The number of nitrogens with one attached hydrogen (secondary N) is 2. The summed E-state index contributed by atoms with van der Waals surface area (Å²) < 4.78 is 5.94. The molecule has 0 aromatic heterocycles. The molecule has 1 unspecified atom stereocenters. The number of carbonyl (C=O) groups is 3. The summed E-state index contributed by atoms with van der Waals surface area (Å²) >= 11 is 14.9. The SMILES string of the molecule is COc1ccc(NC(=O)CC2C(=O)N(c3ccc(Cl)cc3)C(=S)N2NC(=O)c2ccc(Br)cc2)cc1. The second-order valence-corrected chi connectivity index (χ2v) is 9.46. The van der Waals surface area contributed by atoms with E-state index in [-0.39, 0.29) is 11.5 Å². The first kappa shape index (κ1) is 25.6. The first-order valence-electron chi connectivity index (χ1n) is 10.7. The monoisotopic (exact) mass is 586 g/mol. The van der Waals surface area contributed by atoms with Crippen molar-refractivity contribution in [2.75, 3.05) is 17.3 Å². The van der Waals surface area contributed by atoms with Crippen LogP contribution in [0.5, 0.6) is 5.75 Å². The fraction of sp³-hybridized carbons (Fsp3) is 0.120. The molecule has 2 N–H and O–H groups in total. The molecule has 1 saturated heterocycles. The molecule has 8 nitrogen and oxygen atoms in total. The molecule has 1 atom stereocenters. The second-order valence-electron chi connectivity index (χ2n) is 7.75. The summed E-state index contributed by atoms with van der Waals surface area (Å²) in [7, 11) is 1.55. The summed E-state index contributed by atoms with van der Waals surface area (Å²) in [6, 6.07) is 19.0. The lowest BCUT2D eigenvalue weighted by molar-refractivity contribution is -0.124. The van der Waals surface area contributed by atoms with Gasteiger partial charge < -0.3 is 10.1 Å². The van der Waals surface area contributed by atoms with Crippen molar-refractivity contribution in [3.8, 4) is 5.75 Å². The smallest absolute Gasteiger partial charge is 0.269 e. The number of methoxy groups -OCH3 is 1. The van der Waals surface area contributed by atoms with Crippen LogP contribution in [0.3, 0.4) is 0 Å². The van der Waals surface area contributed by atoms with Gasteiger partial charge in [0.2, 0.25) is 11.0 Å². The molecule has 1 fully saturated rings. The van der Waals surface area contributed by atoms with Gasteiger partial charge in [-0.1, -0.05) is 27.5 Å². The van der Waals surface area contributed by atoms with Gasteiger partial charge in [0.05, 0.1) is 19.2 Å². The van der Waals surface area contributed by atoms with Gasteiger partial charge in [-0.3, -0.25) is 24.7 Å². The third kappa shape index (κ3) is 5.67. The second kappa shape index (κ2) is 11.1. The van der Waals surface area contributed by atoms with Crippen molar-refractivity contribution in [3.63, 3.8) is 0 Å². The van der Waals surface area contributed by atoms with Crippen LogP contribution in [0.2, 0.25) is 5.02 Å². The topological polar surface area (TPSA) is 91.0 Å². The maximum Gasteiger partial charge on any atom is 0.269 e. The minimum atomic E-state index is -1.06. The van der Waals surface area contributed by atoms with Crippen LogP contribution in [-0.2, 0) is 9.59 Å². The highest BCUT2D eigenvalue weighted by Gasteiger charge is 2.45. The number of carbonyl (C=O) groups excluding carboxylic acids is 3. The van der Waals surface area contributed by atoms with E-state index in [9.17, 15) is 14.4 Å². The zero-order chi connectivity index (χ0) is 25.8. The van der Waals surface area contributed by atoms with E-state index in [0.29, 0.717) is 27.7 Å². The standard InChI is InChI=1S/C25H20BrClN4O4S/c1-35-20-12-8-18(9-13-20)28-22(32)14-21-24(34)30(19-10-6-17(27)7-11-19)25(36)31(21)29-23(33)15-2-4-16(26)5-3-15/h2-13,21H,14H2,1H3,(H,28,32)(H,29,33). The largest absolute Gasteiger partial charge is 0.497 e. The van der Waals surface area contributed by atoms with Crippen molar-refractivity contribution in [1.82, 2.24) is 10.4 Å². The lowest BCUT2D eigenvalue weighted by atomic mass is 10.1. The van der Waals surface area contributed by atoms with Crippen molar-refractivity contribution in [3.05, 3.63) is 87.9 Å². The van der Waals surface area contributed by atoms with Gasteiger partial charge in [-0.25, -0.2) is 5.01 Å². The van der Waals surface area contributed by atoms with Crippen molar-refractivity contribution in [2.45, 2.75) is 12.5 Å². The van der Waals surface area contributed by atoms with Gasteiger partial charge in [0.25, 0.3) is 11.8 Å². The summed E-state index contributed by atoms with van der Waals surface area (Å²) in [5.74, 6) is -0.716. The van der Waals surface area contributed by atoms with Crippen LogP contribution >= 0.6 is 39.7 Å². The summed E-state index contributed by atoms with van der Waals surface area (Å²) in [5, 5.41) is 4.54. The quantitative estimate of drug-likeness (QED) is 0.387. The number of anilines is 2. The van der Waals surface area contributed by atoms with Crippen LogP contribution in [0.4, 0.5) is 11.4 Å². The number of benzene rings is 3. The van der Waals surface area contributed by atoms with E-state index in [1.54, 1.807) is 79.9 Å². The maximum atomic E-state index is 13.5. The number of amides is 3. The third-order valence-corrected chi connectivity index (χ3v) is 6.54. The predicted molar refractivity (Wildman–Crippen MR) is 145 cm³/mol. The number of ether oxygens (including phenoxy) is 1. The van der Waals surface area contributed by atoms with Crippen LogP contribution < -0.4 is 20.4 Å². The van der Waals surface area contributed by atoms with Gasteiger partial charge in [0.15, 0.2) is 0 Å². The van der Waals surface area contributed by atoms with Crippen molar-refractivity contribution >= 4 is 74.0 Å². The van der Waals surface area contributed by atoms with Crippen LogP contribution in [-0.4, -0.2) is 41.0 Å². The molecule has 0 radical (unpaired) electrons. The highest BCUT2D eigenvalue weighted by Crippen LogP contribution is 2.28. The number of thiocarbonyl (C=S) groups is 1. The van der Waals surface area contributed by atoms with Crippen LogP contribution in [0.1, 0.15) is 16.8 Å². The highest BCUT2D eigenvalue weighted by molar-refractivity contribution is 9.10. The molecule has 0 saturated carbocycles. The zero-order valence-electron chi connectivity index (χ0n) is 18.9. The molecule has 3 aromatic carbocycles. The Bertz CT molecular complexity index is 1300. The van der Waals surface area contributed by atoms with E-state index in [4.69, 9.17) is 28.6 Å². The van der Waals surface area contributed by atoms with E-state index in [0.717, 1.165) is 4.47 Å². The minimum Gasteiger partial charge on any atom is -0.497 e. The van der Waals surface area contributed by atoms with E-state index in [1.165, 1.54) is 9.91 Å². The lowest BCUT2D eigenvalue weighted by Crippen LogP contribution is -2.49. The molecule has 3 aromatic rings. The Morgan fingerprint density at radius 1 is 1.03 bits per heavy atom. The van der Waals surface area contributed by atoms with E-state index in [2.05, 4.69) is 26.7 Å². The molecule has 1 aliphatic heterocycles. The Morgan fingerprint density at radius 2 is 1.67 bits per heavy atom. The number of hydrogen-bond donors (Lipinski definition) is 2. The average Bonchev–Trinajstić information content (AvgIpc) is 3.09. The summed E-state index contributed by atoms with van der Waals surface area (Å²) in [6.45, 7) is 0. The minimum absolute atomic E-state index is 0.0371. The van der Waals surface area contributed by atoms with Crippen molar-refractivity contribution < 1.29 is 19.1 Å². The van der Waals surface area contributed by atoms with Gasteiger partial charge in [-0.2, -0.15) is 0 Å². The Hall–Kier alpha value is -3.47. The number of rotatable bonds is 7. The molecular formula is C25H20BrClN4O4S. The molecule has 0 spiro atoms. The highest BCUT2D eigenvalue weighted by atomic mass is 79.9. The molecular weight excluding hydrogens is 568 g/mol. The van der Waals surface area contributed by atoms with Gasteiger partial charge in [0, 0.05) is 20.7 Å².